The van der Waals surface area contributed by atoms with Crippen molar-refractivity contribution in [3.8, 4) is 11.5 Å². The molecule has 1 fully saturated rings. The van der Waals surface area contributed by atoms with Crippen LogP contribution in [0.5, 0.6) is 11.5 Å². The number of nitrogens with zero attached hydrogens (tertiary/aromatic N) is 1. The van der Waals surface area contributed by atoms with Gasteiger partial charge < -0.3 is 14.6 Å². The molecule has 4 heteroatoms. The molecule has 1 aliphatic carbocycles. The van der Waals surface area contributed by atoms with Crippen LogP contribution >= 0.6 is 0 Å². The van der Waals surface area contributed by atoms with Gasteiger partial charge >= 0.3 is 0 Å². The summed E-state index contributed by atoms with van der Waals surface area (Å²) in [6.07, 6.45) is 5.88. The van der Waals surface area contributed by atoms with E-state index in [4.69, 9.17) is 9.47 Å². The van der Waals surface area contributed by atoms with Crippen LogP contribution in [0.15, 0.2) is 24.3 Å². The molecule has 1 saturated heterocycles. The van der Waals surface area contributed by atoms with Crippen LogP contribution in [-0.2, 0) is 12.0 Å². The average Bonchev–Trinajstić information content (AvgIpc) is 3.00. The Morgan fingerprint density at radius 3 is 3.00 bits per heavy atom. The smallest absolute Gasteiger partial charge is 0.231 e. The molecule has 0 spiro atoms. The fourth-order valence-electron chi connectivity index (χ4n) is 4.48. The van der Waals surface area contributed by atoms with E-state index < -0.39 is 0 Å². The second-order valence-electron chi connectivity index (χ2n) is 6.30. The van der Waals surface area contributed by atoms with Crippen molar-refractivity contribution < 1.29 is 14.6 Å². The van der Waals surface area contributed by atoms with Gasteiger partial charge in [-0.15, -0.1) is 0 Å². The van der Waals surface area contributed by atoms with Gasteiger partial charge in [-0.1, -0.05) is 12.2 Å². The second-order valence-corrected chi connectivity index (χ2v) is 6.30. The van der Waals surface area contributed by atoms with Crippen molar-refractivity contribution >= 4 is 0 Å². The van der Waals surface area contributed by atoms with Crippen molar-refractivity contribution in [3.63, 3.8) is 0 Å². The van der Waals surface area contributed by atoms with Gasteiger partial charge in [-0.25, -0.2) is 0 Å². The predicted molar refractivity (Wildman–Crippen MR) is 72.8 cm³/mol. The van der Waals surface area contributed by atoms with Gasteiger partial charge in [0.2, 0.25) is 6.79 Å². The molecular formula is C16H17NO3. The van der Waals surface area contributed by atoms with Crippen LogP contribution in [0.25, 0.3) is 0 Å². The minimum atomic E-state index is -0.302. The maximum atomic E-state index is 9.95. The third-order valence-corrected chi connectivity index (χ3v) is 5.40. The monoisotopic (exact) mass is 271 g/mol. The highest BCUT2D eigenvalue weighted by Crippen LogP contribution is 2.53. The van der Waals surface area contributed by atoms with E-state index in [-0.39, 0.29) is 11.5 Å². The van der Waals surface area contributed by atoms with Gasteiger partial charge in [0.15, 0.2) is 11.5 Å². The Labute approximate surface area is 117 Å². The zero-order chi connectivity index (χ0) is 13.3. The van der Waals surface area contributed by atoms with E-state index in [0.29, 0.717) is 12.8 Å². The maximum absolute atomic E-state index is 9.95. The Morgan fingerprint density at radius 2 is 2.10 bits per heavy atom. The van der Waals surface area contributed by atoms with Gasteiger partial charge in [-0.3, -0.25) is 4.90 Å². The molecule has 2 bridgehead atoms. The normalized spacial score (nSPS) is 39.5. The highest BCUT2D eigenvalue weighted by atomic mass is 16.7. The lowest BCUT2D eigenvalue weighted by atomic mass is 9.66. The van der Waals surface area contributed by atoms with Crippen molar-refractivity contribution in [1.82, 2.24) is 4.90 Å². The summed E-state index contributed by atoms with van der Waals surface area (Å²) in [6.45, 7) is 2.38. The SMILES string of the molecule is O[C@@H]1C=C[C@]23CCN(Cc4cc5c(cc42)OCO5)[C@H]3C1. The first-order valence-electron chi connectivity index (χ1n) is 7.31. The summed E-state index contributed by atoms with van der Waals surface area (Å²) in [5, 5.41) is 9.95. The number of rotatable bonds is 0. The fourth-order valence-corrected chi connectivity index (χ4v) is 4.48. The molecule has 4 atom stereocenters. The minimum absolute atomic E-state index is 0.0633. The average molecular weight is 271 g/mol. The Morgan fingerprint density at radius 1 is 1.25 bits per heavy atom. The van der Waals surface area contributed by atoms with Crippen molar-refractivity contribution in [3.05, 3.63) is 35.4 Å². The first-order valence-corrected chi connectivity index (χ1v) is 7.31. The molecule has 20 heavy (non-hydrogen) atoms. The Kier molecular flexibility index (Phi) is 1.99. The first-order chi connectivity index (χ1) is 9.76. The molecule has 1 unspecified atom stereocenters. The number of benzene rings is 1. The van der Waals surface area contributed by atoms with Gasteiger partial charge in [0.25, 0.3) is 0 Å². The van der Waals surface area contributed by atoms with Gasteiger partial charge in [0.1, 0.15) is 0 Å². The fraction of sp³-hybridized carbons (Fsp3) is 0.500. The van der Waals surface area contributed by atoms with Crippen LogP contribution in [0.4, 0.5) is 0 Å². The summed E-state index contributed by atoms with van der Waals surface area (Å²) in [4.78, 5) is 2.51. The summed E-state index contributed by atoms with van der Waals surface area (Å²) in [6, 6.07) is 4.75. The summed E-state index contributed by atoms with van der Waals surface area (Å²) in [5.74, 6) is 1.75. The first kappa shape index (κ1) is 11.2. The van der Waals surface area contributed by atoms with Gasteiger partial charge in [0, 0.05) is 24.5 Å². The van der Waals surface area contributed by atoms with Crippen LogP contribution in [0.3, 0.4) is 0 Å². The number of aliphatic hydroxyl groups is 1. The van der Waals surface area contributed by atoms with Crippen molar-refractivity contribution in [1.29, 1.82) is 0 Å². The summed E-state index contributed by atoms with van der Waals surface area (Å²) >= 11 is 0. The summed E-state index contributed by atoms with van der Waals surface area (Å²) in [5.41, 5.74) is 2.79. The molecule has 0 aromatic heterocycles. The predicted octanol–water partition coefficient (Wildman–Crippen LogP) is 1.56. The summed E-state index contributed by atoms with van der Waals surface area (Å²) < 4.78 is 11.1. The minimum Gasteiger partial charge on any atom is -0.454 e. The number of hydrogen-bond acceptors (Lipinski definition) is 4. The lowest BCUT2D eigenvalue weighted by Crippen LogP contribution is -2.49. The van der Waals surface area contributed by atoms with Gasteiger partial charge in [0.05, 0.1) is 6.10 Å². The molecule has 1 aromatic carbocycles. The van der Waals surface area contributed by atoms with Crippen LogP contribution < -0.4 is 9.47 Å². The standard InChI is InChI=1S/C16H17NO3/c18-11-1-2-16-3-4-17(15(16)6-11)8-10-5-13-14(7-12(10)16)20-9-19-13/h1-2,5,7,11,15,18H,3-4,6,8-9H2/t11-,15+,16+/m1/s1. The van der Waals surface area contributed by atoms with E-state index >= 15 is 0 Å². The molecule has 3 aliphatic heterocycles. The van der Waals surface area contributed by atoms with Crippen LogP contribution in [0.1, 0.15) is 24.0 Å². The number of ether oxygens (including phenoxy) is 2. The molecule has 5 rings (SSSR count). The van der Waals surface area contributed by atoms with Gasteiger partial charge in [-0.2, -0.15) is 0 Å². The molecule has 0 radical (unpaired) electrons. The largest absolute Gasteiger partial charge is 0.454 e. The van der Waals surface area contributed by atoms with Gasteiger partial charge in [-0.05, 0) is 36.1 Å². The zero-order valence-electron chi connectivity index (χ0n) is 11.2. The number of fused-ring (bicyclic) bond motifs is 2. The lowest BCUT2D eigenvalue weighted by molar-refractivity contribution is 0.110. The molecule has 4 aliphatic rings. The highest BCUT2D eigenvalue weighted by Gasteiger charge is 2.53. The highest BCUT2D eigenvalue weighted by molar-refractivity contribution is 5.55. The van der Waals surface area contributed by atoms with E-state index in [9.17, 15) is 5.11 Å². The topological polar surface area (TPSA) is 41.9 Å². The maximum Gasteiger partial charge on any atom is 0.231 e. The van der Waals surface area contributed by atoms with Crippen LogP contribution in [0, 0.1) is 0 Å². The third kappa shape index (κ3) is 1.24. The van der Waals surface area contributed by atoms with E-state index in [1.165, 1.54) is 11.1 Å². The number of hydrogen-bond donors (Lipinski definition) is 1. The zero-order valence-corrected chi connectivity index (χ0v) is 11.2. The molecular weight excluding hydrogens is 254 g/mol. The van der Waals surface area contributed by atoms with E-state index in [2.05, 4.69) is 23.1 Å². The Bertz CT molecular complexity index is 626. The van der Waals surface area contributed by atoms with E-state index in [0.717, 1.165) is 37.4 Å². The molecule has 1 N–H and O–H groups in total. The Hall–Kier alpha value is -1.52. The molecule has 3 heterocycles. The van der Waals surface area contributed by atoms with Crippen LogP contribution in [-0.4, -0.2) is 35.5 Å². The molecule has 4 nitrogen and oxygen atoms in total. The Balaban J connectivity index is 1.74. The second kappa shape index (κ2) is 3.57. The lowest BCUT2D eigenvalue weighted by Gasteiger charge is -2.45. The summed E-state index contributed by atoms with van der Waals surface area (Å²) in [7, 11) is 0. The molecule has 0 amide bonds. The molecule has 1 aromatic rings. The van der Waals surface area contributed by atoms with E-state index in [1.807, 2.05) is 6.08 Å². The third-order valence-electron chi connectivity index (χ3n) is 5.40. The van der Waals surface area contributed by atoms with Crippen LogP contribution in [0.2, 0.25) is 0 Å². The quantitative estimate of drug-likeness (QED) is 0.727. The van der Waals surface area contributed by atoms with E-state index in [1.54, 1.807) is 0 Å². The number of aliphatic hydroxyl groups excluding tert-OH is 1. The molecule has 0 saturated carbocycles. The van der Waals surface area contributed by atoms with Crippen molar-refractivity contribution in [2.45, 2.75) is 36.9 Å². The molecule has 104 valence electrons. The van der Waals surface area contributed by atoms with Crippen molar-refractivity contribution in [2.24, 2.45) is 0 Å². The van der Waals surface area contributed by atoms with Crippen molar-refractivity contribution in [2.75, 3.05) is 13.3 Å².